The standard InChI is InChI=1S/C18H16N2O4S/c1-9-4-5-12(17(22)23)7-14(9)20-10(2)6-13(11(20)3)8-15-16(21)19-18(24)25-15/h4-8H,1-3H3,(H,22,23)(H,19,21,24)/b15-8-. The fraction of sp³-hybridized carbons (Fsp3) is 0.167. The van der Waals surface area contributed by atoms with Crippen LogP contribution in [0.25, 0.3) is 11.8 Å². The highest BCUT2D eigenvalue weighted by molar-refractivity contribution is 8.18. The maximum atomic E-state index is 11.7. The second kappa shape index (κ2) is 6.25. The number of nitrogens with zero attached hydrogens (tertiary/aromatic N) is 1. The number of carboxylic acids is 1. The molecule has 1 fully saturated rings. The Kier molecular flexibility index (Phi) is 4.26. The normalized spacial score (nSPS) is 15.7. The van der Waals surface area contributed by atoms with E-state index in [0.717, 1.165) is 40.0 Å². The van der Waals surface area contributed by atoms with Crippen molar-refractivity contribution < 1.29 is 19.5 Å². The second-order valence-electron chi connectivity index (χ2n) is 5.82. The van der Waals surface area contributed by atoms with E-state index >= 15 is 0 Å². The van der Waals surface area contributed by atoms with Gasteiger partial charge in [0, 0.05) is 17.1 Å². The average Bonchev–Trinajstić information content (AvgIpc) is 2.99. The number of aromatic carboxylic acids is 1. The summed E-state index contributed by atoms with van der Waals surface area (Å²) >= 11 is 0.872. The van der Waals surface area contributed by atoms with E-state index in [1.54, 1.807) is 24.3 Å². The van der Waals surface area contributed by atoms with Gasteiger partial charge in [-0.25, -0.2) is 4.79 Å². The van der Waals surface area contributed by atoms with Crippen LogP contribution in [-0.2, 0) is 4.79 Å². The van der Waals surface area contributed by atoms with Crippen LogP contribution in [-0.4, -0.2) is 26.8 Å². The molecule has 2 amide bonds. The molecular weight excluding hydrogens is 340 g/mol. The number of rotatable bonds is 3. The number of carboxylic acid groups (broad SMARTS) is 1. The van der Waals surface area contributed by atoms with Gasteiger partial charge >= 0.3 is 5.97 Å². The number of nitrogens with one attached hydrogen (secondary N) is 1. The molecule has 1 aromatic heterocycles. The molecule has 1 saturated heterocycles. The van der Waals surface area contributed by atoms with Crippen molar-refractivity contribution in [1.29, 1.82) is 0 Å². The number of aromatic nitrogens is 1. The van der Waals surface area contributed by atoms with Gasteiger partial charge in [0.1, 0.15) is 0 Å². The molecule has 0 unspecified atom stereocenters. The van der Waals surface area contributed by atoms with Gasteiger partial charge in [-0.3, -0.25) is 14.9 Å². The Bertz CT molecular complexity index is 956. The van der Waals surface area contributed by atoms with Crippen molar-refractivity contribution in [3.05, 3.63) is 57.2 Å². The number of carbonyl (C=O) groups is 3. The van der Waals surface area contributed by atoms with Crippen molar-refractivity contribution in [2.45, 2.75) is 20.8 Å². The molecule has 0 saturated carbocycles. The van der Waals surface area contributed by atoms with Crippen molar-refractivity contribution in [2.24, 2.45) is 0 Å². The predicted molar refractivity (Wildman–Crippen MR) is 96.0 cm³/mol. The minimum Gasteiger partial charge on any atom is -0.478 e. The smallest absolute Gasteiger partial charge is 0.335 e. The zero-order valence-electron chi connectivity index (χ0n) is 13.9. The number of thioether (sulfide) groups is 1. The number of benzene rings is 1. The monoisotopic (exact) mass is 356 g/mol. The molecule has 0 radical (unpaired) electrons. The van der Waals surface area contributed by atoms with Crippen LogP contribution in [0, 0.1) is 20.8 Å². The Hall–Kier alpha value is -2.80. The largest absolute Gasteiger partial charge is 0.478 e. The van der Waals surface area contributed by atoms with Crippen molar-refractivity contribution in [3.8, 4) is 5.69 Å². The number of imide groups is 1. The van der Waals surface area contributed by atoms with E-state index in [0.29, 0.717) is 4.91 Å². The summed E-state index contributed by atoms with van der Waals surface area (Å²) < 4.78 is 1.95. The fourth-order valence-corrected chi connectivity index (χ4v) is 3.52. The molecule has 2 N–H and O–H groups in total. The molecule has 7 heteroatoms. The maximum absolute atomic E-state index is 11.7. The van der Waals surface area contributed by atoms with Gasteiger partial charge in [-0.15, -0.1) is 0 Å². The first kappa shape index (κ1) is 17.0. The summed E-state index contributed by atoms with van der Waals surface area (Å²) in [5.74, 6) is -1.38. The summed E-state index contributed by atoms with van der Waals surface area (Å²) in [5, 5.41) is 11.1. The van der Waals surface area contributed by atoms with E-state index < -0.39 is 11.9 Å². The minimum atomic E-state index is -0.983. The highest BCUT2D eigenvalue weighted by Gasteiger charge is 2.25. The average molecular weight is 356 g/mol. The molecule has 3 rings (SSSR count). The number of hydrogen-bond donors (Lipinski definition) is 2. The molecule has 0 aliphatic carbocycles. The third-order valence-corrected chi connectivity index (χ3v) is 4.91. The van der Waals surface area contributed by atoms with Crippen LogP contribution in [0.4, 0.5) is 4.79 Å². The Labute approximate surface area is 148 Å². The van der Waals surface area contributed by atoms with E-state index in [-0.39, 0.29) is 10.8 Å². The lowest BCUT2D eigenvalue weighted by atomic mass is 10.1. The highest BCUT2D eigenvalue weighted by Crippen LogP contribution is 2.30. The summed E-state index contributed by atoms with van der Waals surface area (Å²) in [6, 6.07) is 6.89. The summed E-state index contributed by atoms with van der Waals surface area (Å²) in [6.07, 6.45) is 1.68. The predicted octanol–water partition coefficient (Wildman–Crippen LogP) is 3.42. The van der Waals surface area contributed by atoms with Crippen LogP contribution in [0.3, 0.4) is 0 Å². The first-order valence-electron chi connectivity index (χ1n) is 7.56. The number of amides is 2. The summed E-state index contributed by atoms with van der Waals surface area (Å²) in [5.41, 5.74) is 4.51. The second-order valence-corrected chi connectivity index (χ2v) is 6.84. The van der Waals surface area contributed by atoms with E-state index in [9.17, 15) is 19.5 Å². The lowest BCUT2D eigenvalue weighted by Gasteiger charge is -2.13. The van der Waals surface area contributed by atoms with Gasteiger partial charge in [0.25, 0.3) is 11.1 Å². The molecule has 6 nitrogen and oxygen atoms in total. The van der Waals surface area contributed by atoms with Gasteiger partial charge in [0.2, 0.25) is 0 Å². The molecular formula is C18H16N2O4S. The molecule has 0 bridgehead atoms. The van der Waals surface area contributed by atoms with Gasteiger partial charge in [0.15, 0.2) is 0 Å². The Morgan fingerprint density at radius 1 is 1.20 bits per heavy atom. The summed E-state index contributed by atoms with van der Waals surface area (Å²) in [7, 11) is 0. The Morgan fingerprint density at radius 3 is 2.52 bits per heavy atom. The van der Waals surface area contributed by atoms with Gasteiger partial charge in [-0.1, -0.05) is 6.07 Å². The van der Waals surface area contributed by atoms with Crippen LogP contribution in [0.5, 0.6) is 0 Å². The third kappa shape index (κ3) is 3.10. The highest BCUT2D eigenvalue weighted by atomic mass is 32.2. The molecule has 128 valence electrons. The first-order valence-corrected chi connectivity index (χ1v) is 8.37. The van der Waals surface area contributed by atoms with Crippen molar-refractivity contribution in [2.75, 3.05) is 0 Å². The lowest BCUT2D eigenvalue weighted by Crippen LogP contribution is -2.17. The molecule has 0 atom stereocenters. The molecule has 1 aliphatic rings. The topological polar surface area (TPSA) is 88.4 Å². The Morgan fingerprint density at radius 2 is 1.92 bits per heavy atom. The van der Waals surface area contributed by atoms with Crippen molar-refractivity contribution in [1.82, 2.24) is 9.88 Å². The van der Waals surface area contributed by atoms with E-state index in [1.807, 2.05) is 31.4 Å². The van der Waals surface area contributed by atoms with Crippen LogP contribution in [0.15, 0.2) is 29.2 Å². The fourth-order valence-electron chi connectivity index (χ4n) is 2.85. The van der Waals surface area contributed by atoms with Crippen LogP contribution < -0.4 is 5.32 Å². The van der Waals surface area contributed by atoms with Gasteiger partial charge in [-0.05, 0) is 67.9 Å². The summed E-state index contributed by atoms with van der Waals surface area (Å²) in [4.78, 5) is 34.7. The molecule has 1 aromatic carbocycles. The molecule has 1 aliphatic heterocycles. The molecule has 25 heavy (non-hydrogen) atoms. The van der Waals surface area contributed by atoms with Gasteiger partial charge < -0.3 is 9.67 Å². The molecule has 2 heterocycles. The van der Waals surface area contributed by atoms with Crippen LogP contribution in [0.1, 0.15) is 32.9 Å². The molecule has 0 spiro atoms. The van der Waals surface area contributed by atoms with Crippen molar-refractivity contribution >= 4 is 35.0 Å². The van der Waals surface area contributed by atoms with Crippen molar-refractivity contribution in [3.63, 3.8) is 0 Å². The SMILES string of the molecule is Cc1ccc(C(=O)O)cc1-n1c(C)cc(/C=C2\SC(=O)NC2=O)c1C. The zero-order valence-corrected chi connectivity index (χ0v) is 14.7. The quantitative estimate of drug-likeness (QED) is 0.823. The lowest BCUT2D eigenvalue weighted by molar-refractivity contribution is -0.115. The van der Waals surface area contributed by atoms with Crippen LogP contribution >= 0.6 is 11.8 Å². The maximum Gasteiger partial charge on any atom is 0.335 e. The van der Waals surface area contributed by atoms with E-state index in [1.165, 1.54) is 0 Å². The van der Waals surface area contributed by atoms with E-state index in [4.69, 9.17) is 0 Å². The molecule has 2 aromatic rings. The van der Waals surface area contributed by atoms with E-state index in [2.05, 4.69) is 5.32 Å². The number of hydrogen-bond acceptors (Lipinski definition) is 4. The zero-order chi connectivity index (χ0) is 18.3. The number of aryl methyl sites for hydroxylation is 2. The first-order chi connectivity index (χ1) is 11.8. The number of carbonyl (C=O) groups excluding carboxylic acids is 2. The Balaban J connectivity index is 2.11. The van der Waals surface area contributed by atoms with Gasteiger partial charge in [-0.2, -0.15) is 0 Å². The third-order valence-electron chi connectivity index (χ3n) is 4.10. The van der Waals surface area contributed by atoms with Gasteiger partial charge in [0.05, 0.1) is 10.5 Å². The van der Waals surface area contributed by atoms with Crippen LogP contribution in [0.2, 0.25) is 0 Å². The summed E-state index contributed by atoms with van der Waals surface area (Å²) in [6.45, 7) is 5.72. The minimum absolute atomic E-state index is 0.212.